The summed E-state index contributed by atoms with van der Waals surface area (Å²) in [4.78, 5) is 8.90. The summed E-state index contributed by atoms with van der Waals surface area (Å²) in [6.45, 7) is 2.37. The molecule has 20 heavy (non-hydrogen) atoms. The Labute approximate surface area is 117 Å². The fourth-order valence-electron chi connectivity index (χ4n) is 2.26. The number of nitrogens with zero attached hydrogens (tertiary/aromatic N) is 2. The minimum atomic E-state index is -0.0217. The molecule has 0 radical (unpaired) electrons. The monoisotopic (exact) mass is 271 g/mol. The third-order valence-corrected chi connectivity index (χ3v) is 3.30. The average Bonchev–Trinajstić information content (AvgIpc) is 2.56. The van der Waals surface area contributed by atoms with Crippen LogP contribution in [0.15, 0.2) is 36.5 Å². The van der Waals surface area contributed by atoms with Crippen molar-refractivity contribution in [1.82, 2.24) is 15.3 Å². The molecule has 0 saturated carbocycles. The van der Waals surface area contributed by atoms with Crippen molar-refractivity contribution >= 4 is 0 Å². The topological polar surface area (TPSA) is 67.3 Å². The van der Waals surface area contributed by atoms with Crippen LogP contribution in [0.5, 0.6) is 0 Å². The summed E-state index contributed by atoms with van der Waals surface area (Å²) in [6.07, 6.45) is 1.73. The van der Waals surface area contributed by atoms with E-state index < -0.39 is 0 Å². The third-order valence-electron chi connectivity index (χ3n) is 3.30. The zero-order valence-electron chi connectivity index (χ0n) is 11.1. The highest BCUT2D eigenvalue weighted by Crippen LogP contribution is 2.21. The first kappa shape index (κ1) is 13.2. The van der Waals surface area contributed by atoms with Crippen molar-refractivity contribution in [2.75, 3.05) is 19.7 Å². The molecule has 1 fully saturated rings. The van der Waals surface area contributed by atoms with E-state index in [1.165, 1.54) is 0 Å². The van der Waals surface area contributed by atoms with Crippen LogP contribution in [0.25, 0.3) is 11.4 Å². The van der Waals surface area contributed by atoms with E-state index in [1.54, 1.807) is 6.20 Å². The molecule has 1 aliphatic heterocycles. The van der Waals surface area contributed by atoms with Crippen LogP contribution in [0.3, 0.4) is 0 Å². The van der Waals surface area contributed by atoms with Crippen molar-refractivity contribution in [2.24, 2.45) is 0 Å². The summed E-state index contributed by atoms with van der Waals surface area (Å²) in [6, 6.07) is 9.51. The quantitative estimate of drug-likeness (QED) is 0.880. The van der Waals surface area contributed by atoms with Gasteiger partial charge in [0.1, 0.15) is 6.10 Å². The molecular formula is C15H17N3O2. The Kier molecular flexibility index (Phi) is 4.01. The van der Waals surface area contributed by atoms with Gasteiger partial charge in [-0.05, 0) is 17.7 Å². The number of hydrogen-bond acceptors (Lipinski definition) is 5. The van der Waals surface area contributed by atoms with E-state index in [0.717, 1.165) is 29.9 Å². The fourth-order valence-corrected chi connectivity index (χ4v) is 2.26. The number of benzene rings is 1. The van der Waals surface area contributed by atoms with Crippen LogP contribution < -0.4 is 5.32 Å². The van der Waals surface area contributed by atoms with E-state index in [4.69, 9.17) is 4.74 Å². The van der Waals surface area contributed by atoms with Gasteiger partial charge in [-0.3, -0.25) is 0 Å². The Morgan fingerprint density at radius 3 is 3.10 bits per heavy atom. The Bertz CT molecular complexity index is 583. The number of rotatable bonds is 3. The molecule has 1 aromatic heterocycles. The zero-order chi connectivity index (χ0) is 13.8. The summed E-state index contributed by atoms with van der Waals surface area (Å²) >= 11 is 0. The Morgan fingerprint density at radius 2 is 2.30 bits per heavy atom. The van der Waals surface area contributed by atoms with Crippen LogP contribution in [0.2, 0.25) is 0 Å². The van der Waals surface area contributed by atoms with Gasteiger partial charge in [0.15, 0.2) is 5.82 Å². The molecule has 0 amide bonds. The van der Waals surface area contributed by atoms with Crippen LogP contribution in [0.1, 0.15) is 17.4 Å². The van der Waals surface area contributed by atoms with E-state index in [-0.39, 0.29) is 12.7 Å². The predicted octanol–water partition coefficient (Wildman–Crippen LogP) is 1.30. The SMILES string of the molecule is OCc1cccc(-c2nccc(C3CNCCO3)n2)c1. The summed E-state index contributed by atoms with van der Waals surface area (Å²) in [7, 11) is 0. The number of aliphatic hydroxyl groups is 1. The Morgan fingerprint density at radius 1 is 1.35 bits per heavy atom. The van der Waals surface area contributed by atoms with Crippen molar-refractivity contribution in [2.45, 2.75) is 12.7 Å². The summed E-state index contributed by atoms with van der Waals surface area (Å²) in [5.74, 6) is 0.659. The molecule has 5 nitrogen and oxygen atoms in total. The second-order valence-electron chi connectivity index (χ2n) is 4.73. The van der Waals surface area contributed by atoms with E-state index in [9.17, 15) is 5.11 Å². The van der Waals surface area contributed by atoms with Crippen LogP contribution in [-0.2, 0) is 11.3 Å². The average molecular weight is 271 g/mol. The van der Waals surface area contributed by atoms with Gasteiger partial charge in [-0.15, -0.1) is 0 Å². The predicted molar refractivity (Wildman–Crippen MR) is 75.0 cm³/mol. The molecule has 1 saturated heterocycles. The van der Waals surface area contributed by atoms with Crippen LogP contribution in [0.4, 0.5) is 0 Å². The second kappa shape index (κ2) is 6.09. The van der Waals surface area contributed by atoms with E-state index >= 15 is 0 Å². The lowest BCUT2D eigenvalue weighted by molar-refractivity contribution is 0.0250. The molecule has 1 atom stereocenters. The molecule has 104 valence electrons. The lowest BCUT2D eigenvalue weighted by atomic mass is 10.1. The number of ether oxygens (including phenoxy) is 1. The fraction of sp³-hybridized carbons (Fsp3) is 0.333. The number of hydrogen-bond donors (Lipinski definition) is 2. The maximum absolute atomic E-state index is 9.20. The number of aliphatic hydroxyl groups excluding tert-OH is 1. The largest absolute Gasteiger partial charge is 0.392 e. The van der Waals surface area contributed by atoms with Gasteiger partial charge in [-0.25, -0.2) is 9.97 Å². The second-order valence-corrected chi connectivity index (χ2v) is 4.73. The molecule has 0 aliphatic carbocycles. The zero-order valence-corrected chi connectivity index (χ0v) is 11.1. The summed E-state index contributed by atoms with van der Waals surface area (Å²) in [5, 5.41) is 12.5. The summed E-state index contributed by atoms with van der Waals surface area (Å²) < 4.78 is 5.71. The molecule has 1 unspecified atom stereocenters. The molecule has 2 aromatic rings. The first-order valence-electron chi connectivity index (χ1n) is 6.72. The Hall–Kier alpha value is -1.82. The normalized spacial score (nSPS) is 18.9. The van der Waals surface area contributed by atoms with Gasteiger partial charge in [0.2, 0.25) is 0 Å². The summed E-state index contributed by atoms with van der Waals surface area (Å²) in [5.41, 5.74) is 2.64. The molecule has 3 rings (SSSR count). The number of aromatic nitrogens is 2. The van der Waals surface area contributed by atoms with Gasteiger partial charge in [0.05, 0.1) is 18.9 Å². The first-order valence-corrected chi connectivity index (χ1v) is 6.72. The molecular weight excluding hydrogens is 254 g/mol. The number of nitrogens with one attached hydrogen (secondary N) is 1. The van der Waals surface area contributed by atoms with E-state index in [2.05, 4.69) is 15.3 Å². The van der Waals surface area contributed by atoms with Gasteiger partial charge in [-0.1, -0.05) is 18.2 Å². The van der Waals surface area contributed by atoms with Crippen molar-refractivity contribution in [3.05, 3.63) is 47.8 Å². The van der Waals surface area contributed by atoms with E-state index in [0.29, 0.717) is 12.4 Å². The van der Waals surface area contributed by atoms with Gasteiger partial charge >= 0.3 is 0 Å². The van der Waals surface area contributed by atoms with Crippen molar-refractivity contribution < 1.29 is 9.84 Å². The van der Waals surface area contributed by atoms with Crippen LogP contribution >= 0.6 is 0 Å². The van der Waals surface area contributed by atoms with Crippen molar-refractivity contribution in [3.63, 3.8) is 0 Å². The third kappa shape index (κ3) is 2.85. The van der Waals surface area contributed by atoms with Gasteiger partial charge in [0, 0.05) is 24.8 Å². The van der Waals surface area contributed by atoms with Crippen LogP contribution in [-0.4, -0.2) is 34.8 Å². The van der Waals surface area contributed by atoms with E-state index in [1.807, 2.05) is 30.3 Å². The maximum atomic E-state index is 9.20. The van der Waals surface area contributed by atoms with Crippen molar-refractivity contribution in [3.8, 4) is 11.4 Å². The molecule has 2 heterocycles. The molecule has 0 bridgehead atoms. The van der Waals surface area contributed by atoms with Crippen molar-refractivity contribution in [1.29, 1.82) is 0 Å². The maximum Gasteiger partial charge on any atom is 0.159 e. The Balaban J connectivity index is 1.89. The molecule has 1 aromatic carbocycles. The lowest BCUT2D eigenvalue weighted by Gasteiger charge is -2.23. The highest BCUT2D eigenvalue weighted by Gasteiger charge is 2.17. The standard InChI is InChI=1S/C15H17N3O2/c19-10-11-2-1-3-12(8-11)15-17-5-4-13(18-15)14-9-16-6-7-20-14/h1-5,8,14,16,19H,6-7,9-10H2. The van der Waals surface area contributed by atoms with Gasteiger partial charge in [-0.2, -0.15) is 0 Å². The molecule has 1 aliphatic rings. The first-order chi connectivity index (χ1) is 9.86. The smallest absolute Gasteiger partial charge is 0.159 e. The molecule has 0 spiro atoms. The minimum absolute atomic E-state index is 0.0171. The lowest BCUT2D eigenvalue weighted by Crippen LogP contribution is -2.33. The molecule has 2 N–H and O–H groups in total. The van der Waals surface area contributed by atoms with Gasteiger partial charge < -0.3 is 15.2 Å². The number of morpholine rings is 1. The minimum Gasteiger partial charge on any atom is -0.392 e. The van der Waals surface area contributed by atoms with Gasteiger partial charge in [0.25, 0.3) is 0 Å². The molecule has 5 heteroatoms. The highest BCUT2D eigenvalue weighted by atomic mass is 16.5. The highest BCUT2D eigenvalue weighted by molar-refractivity contribution is 5.56. The van der Waals surface area contributed by atoms with Crippen LogP contribution in [0, 0.1) is 0 Å².